The van der Waals surface area contributed by atoms with Gasteiger partial charge in [-0.3, -0.25) is 4.84 Å². The Labute approximate surface area is 89.0 Å². The van der Waals surface area contributed by atoms with Crippen LogP contribution in [0.1, 0.15) is 0 Å². The maximum absolute atomic E-state index is 9.78. The van der Waals surface area contributed by atoms with E-state index in [0.29, 0.717) is 0 Å². The van der Waals surface area contributed by atoms with Crippen LogP contribution < -0.4 is 0 Å². The zero-order chi connectivity index (χ0) is 12.9. The third-order valence-electron chi connectivity index (χ3n) is 1.77. The van der Waals surface area contributed by atoms with Gasteiger partial charge in [0.05, 0.1) is 6.61 Å². The molecule has 0 aliphatic heterocycles. The van der Waals surface area contributed by atoms with Crippen LogP contribution in [0.25, 0.3) is 0 Å². The molecule has 5 atom stereocenters. The van der Waals surface area contributed by atoms with Crippen LogP contribution in [0.3, 0.4) is 0 Å². The Kier molecular flexibility index (Phi) is 6.10. The van der Waals surface area contributed by atoms with Crippen LogP contribution in [0.2, 0.25) is 0 Å². The summed E-state index contributed by atoms with van der Waals surface area (Å²) in [6, 6.07) is 0. The predicted octanol–water partition coefficient (Wildman–Crippen LogP) is -4.05. The first-order valence-electron chi connectivity index (χ1n) is 4.13. The summed E-state index contributed by atoms with van der Waals surface area (Å²) >= 11 is 0. The normalized spacial score (nSPS) is 20.6. The highest BCUT2D eigenvalue weighted by Crippen LogP contribution is 2.09. The van der Waals surface area contributed by atoms with Gasteiger partial charge < -0.3 is 30.6 Å². The molecule has 0 fully saturated rings. The van der Waals surface area contributed by atoms with Crippen molar-refractivity contribution in [3.8, 4) is 0 Å². The van der Waals surface area contributed by atoms with Gasteiger partial charge in [0.2, 0.25) is 6.29 Å². The van der Waals surface area contributed by atoms with Gasteiger partial charge in [-0.25, -0.2) is 0 Å². The van der Waals surface area contributed by atoms with Gasteiger partial charge in [0.15, 0.2) is 0 Å². The van der Waals surface area contributed by atoms with E-state index in [2.05, 4.69) is 4.84 Å². The van der Waals surface area contributed by atoms with Crippen molar-refractivity contribution >= 4 is 0 Å². The average Bonchev–Trinajstić information content (AvgIpc) is 2.23. The SMILES string of the molecule is O=[N+]([O-])OC(O)[C@H](O)[C@@H](O)[C@@H](O)[C@@H](O)CO. The molecule has 0 aromatic carbocycles. The van der Waals surface area contributed by atoms with Gasteiger partial charge >= 0.3 is 0 Å². The van der Waals surface area contributed by atoms with E-state index in [0.717, 1.165) is 0 Å². The molecule has 96 valence electrons. The summed E-state index contributed by atoms with van der Waals surface area (Å²) in [4.78, 5) is 13.3. The Balaban J connectivity index is 4.35. The second-order valence-electron chi connectivity index (χ2n) is 2.94. The van der Waals surface area contributed by atoms with Gasteiger partial charge in [0.25, 0.3) is 5.09 Å². The molecule has 0 saturated carbocycles. The molecule has 0 spiro atoms. The van der Waals surface area contributed by atoms with Crippen molar-refractivity contribution in [2.45, 2.75) is 30.7 Å². The largest absolute Gasteiger partial charge is 0.394 e. The molecule has 6 N–H and O–H groups in total. The Hall–Kier alpha value is -1.04. The molecule has 0 bridgehead atoms. The quantitative estimate of drug-likeness (QED) is 0.148. The third-order valence-corrected chi connectivity index (χ3v) is 1.77. The molecule has 10 nitrogen and oxygen atoms in total. The summed E-state index contributed by atoms with van der Waals surface area (Å²) in [6.45, 7) is -0.906. The fraction of sp³-hybridized carbons (Fsp3) is 1.00. The smallest absolute Gasteiger partial charge is 0.297 e. The van der Waals surface area contributed by atoms with Crippen molar-refractivity contribution in [3.05, 3.63) is 10.1 Å². The minimum atomic E-state index is -2.38. The number of rotatable bonds is 7. The van der Waals surface area contributed by atoms with Crippen molar-refractivity contribution in [2.75, 3.05) is 6.61 Å². The van der Waals surface area contributed by atoms with Crippen LogP contribution in [0.5, 0.6) is 0 Å². The zero-order valence-electron chi connectivity index (χ0n) is 7.95. The lowest BCUT2D eigenvalue weighted by Gasteiger charge is -2.27. The van der Waals surface area contributed by atoms with Crippen LogP contribution in [-0.2, 0) is 4.84 Å². The van der Waals surface area contributed by atoms with Crippen LogP contribution >= 0.6 is 0 Å². The van der Waals surface area contributed by atoms with Gasteiger partial charge in [0.1, 0.15) is 24.4 Å². The highest BCUT2D eigenvalue weighted by Gasteiger charge is 2.35. The number of nitrogens with zero attached hydrogens (tertiary/aromatic N) is 1. The highest BCUT2D eigenvalue weighted by atomic mass is 17.0. The van der Waals surface area contributed by atoms with Crippen molar-refractivity contribution in [1.82, 2.24) is 0 Å². The van der Waals surface area contributed by atoms with Crippen molar-refractivity contribution < 1.29 is 40.6 Å². The molecule has 1 unspecified atom stereocenters. The fourth-order valence-corrected chi connectivity index (χ4v) is 0.857. The molecule has 0 rings (SSSR count). The molecular weight excluding hydrogens is 230 g/mol. The summed E-state index contributed by atoms with van der Waals surface area (Å²) in [5, 5.41) is 61.8. The first-order valence-corrected chi connectivity index (χ1v) is 4.13. The Morgan fingerprint density at radius 2 is 1.56 bits per heavy atom. The molecule has 0 aliphatic carbocycles. The molecule has 10 heteroatoms. The van der Waals surface area contributed by atoms with E-state index in [1.165, 1.54) is 0 Å². The lowest BCUT2D eigenvalue weighted by Crippen LogP contribution is -2.50. The van der Waals surface area contributed by atoms with Crippen molar-refractivity contribution in [3.63, 3.8) is 0 Å². The second-order valence-corrected chi connectivity index (χ2v) is 2.94. The first kappa shape index (κ1) is 15.0. The molecule has 0 radical (unpaired) electrons. The van der Waals surface area contributed by atoms with Gasteiger partial charge in [-0.1, -0.05) is 0 Å². The van der Waals surface area contributed by atoms with Gasteiger partial charge in [-0.15, -0.1) is 10.1 Å². The van der Waals surface area contributed by atoms with E-state index in [1.807, 2.05) is 0 Å². The molecule has 0 aliphatic rings. The van der Waals surface area contributed by atoms with E-state index in [4.69, 9.17) is 30.6 Å². The average molecular weight is 243 g/mol. The molecule has 0 saturated heterocycles. The number of hydrogen-bond donors (Lipinski definition) is 6. The van der Waals surface area contributed by atoms with Gasteiger partial charge in [0, 0.05) is 0 Å². The second kappa shape index (κ2) is 6.52. The monoisotopic (exact) mass is 243 g/mol. The molecule has 0 amide bonds. The van der Waals surface area contributed by atoms with Crippen LogP contribution in [-0.4, -0.2) is 73.0 Å². The summed E-state index contributed by atoms with van der Waals surface area (Å²) < 4.78 is 0. The molecule has 0 aromatic heterocycles. The zero-order valence-corrected chi connectivity index (χ0v) is 7.95. The van der Waals surface area contributed by atoms with Crippen LogP contribution in [0.15, 0.2) is 0 Å². The van der Waals surface area contributed by atoms with E-state index in [1.54, 1.807) is 0 Å². The van der Waals surface area contributed by atoms with Crippen molar-refractivity contribution in [1.29, 1.82) is 0 Å². The lowest BCUT2D eigenvalue weighted by molar-refractivity contribution is -0.782. The molecule has 0 heterocycles. The fourth-order valence-electron chi connectivity index (χ4n) is 0.857. The highest BCUT2D eigenvalue weighted by molar-refractivity contribution is 4.81. The number of aliphatic hydroxyl groups excluding tert-OH is 6. The predicted molar refractivity (Wildman–Crippen MR) is 45.2 cm³/mol. The van der Waals surface area contributed by atoms with Gasteiger partial charge in [-0.2, -0.15) is 0 Å². The Morgan fingerprint density at radius 3 is 1.94 bits per heavy atom. The molecular formula is C6H13NO9. The minimum absolute atomic E-state index is 0.906. The van der Waals surface area contributed by atoms with E-state index >= 15 is 0 Å². The summed E-state index contributed by atoms with van der Waals surface area (Å²) in [5.41, 5.74) is 0. The van der Waals surface area contributed by atoms with Crippen molar-refractivity contribution in [2.24, 2.45) is 0 Å². The van der Waals surface area contributed by atoms with Crippen LogP contribution in [0.4, 0.5) is 0 Å². The van der Waals surface area contributed by atoms with Crippen LogP contribution in [0, 0.1) is 10.1 Å². The third kappa shape index (κ3) is 4.22. The van der Waals surface area contributed by atoms with E-state index in [-0.39, 0.29) is 0 Å². The number of aliphatic hydroxyl groups is 6. The summed E-state index contributed by atoms with van der Waals surface area (Å²) in [7, 11) is 0. The standard InChI is InChI=1S/C6H13NO9/c8-1-2(9)3(10)4(11)5(12)6(13)16-7(14)15/h2-6,8-13H,1H2/t2-,3-,4-,5+,6?/m0/s1. The molecule has 16 heavy (non-hydrogen) atoms. The maximum Gasteiger partial charge on any atom is 0.297 e. The topological polar surface area (TPSA) is 174 Å². The summed E-state index contributed by atoms with van der Waals surface area (Å²) in [5.74, 6) is 0. The first-order chi connectivity index (χ1) is 7.31. The maximum atomic E-state index is 9.78. The van der Waals surface area contributed by atoms with E-state index < -0.39 is 42.4 Å². The lowest BCUT2D eigenvalue weighted by atomic mass is 10.0. The Bertz CT molecular complexity index is 224. The minimum Gasteiger partial charge on any atom is -0.394 e. The van der Waals surface area contributed by atoms with E-state index in [9.17, 15) is 10.1 Å². The Morgan fingerprint density at radius 1 is 1.06 bits per heavy atom. The molecule has 0 aromatic rings. The van der Waals surface area contributed by atoms with Gasteiger partial charge in [-0.05, 0) is 0 Å². The summed E-state index contributed by atoms with van der Waals surface area (Å²) in [6.07, 6.45) is -10.5. The number of hydrogen-bond acceptors (Lipinski definition) is 9.